The summed E-state index contributed by atoms with van der Waals surface area (Å²) in [7, 11) is 0. The second kappa shape index (κ2) is 10.1. The molecule has 0 atom stereocenters. The Balaban J connectivity index is 1.61. The van der Waals surface area contributed by atoms with Crippen LogP contribution in [0.15, 0.2) is 146 Å². The first-order valence-electron chi connectivity index (χ1n) is 13.8. The first kappa shape index (κ1) is 24.9. The number of benzene rings is 5. The molecule has 1 heteroatoms. The summed E-state index contributed by atoms with van der Waals surface area (Å²) in [6.45, 7) is 7.77. The summed E-state index contributed by atoms with van der Waals surface area (Å²) in [6.07, 6.45) is 2.43. The lowest BCUT2D eigenvalue weighted by Crippen LogP contribution is -2.44. The molecule has 1 nitrogen and oxygen atoms in total. The summed E-state index contributed by atoms with van der Waals surface area (Å²) in [5, 5.41) is 0. The van der Waals surface area contributed by atoms with E-state index in [9.17, 15) is 0 Å². The lowest BCUT2D eigenvalue weighted by molar-refractivity contribution is 0.551. The van der Waals surface area contributed by atoms with E-state index in [1.807, 2.05) is 0 Å². The smallest absolute Gasteiger partial charge is 0.0701 e. The third-order valence-electron chi connectivity index (χ3n) is 8.21. The number of anilines is 1. The van der Waals surface area contributed by atoms with Gasteiger partial charge in [-0.15, -0.1) is 0 Å². The predicted molar refractivity (Wildman–Crippen MR) is 165 cm³/mol. The standard InChI is InChI=1S/C38H35N/c1-29-27-37(2,3)39(28-30-16-8-4-9-17-30)36-25-24-34(26-35(29)36)38(31-18-10-5-11-19-31,32-20-12-6-13-21-32)33-22-14-7-15-23-33/h4-27H,28H2,1-3H3. The normalized spacial score (nSPS) is 14.4. The Labute approximate surface area is 233 Å². The maximum Gasteiger partial charge on any atom is 0.0701 e. The van der Waals surface area contributed by atoms with Crippen LogP contribution in [0.1, 0.15) is 54.2 Å². The summed E-state index contributed by atoms with van der Waals surface area (Å²) in [4.78, 5) is 2.55. The molecular formula is C38H35N. The molecule has 1 aliphatic heterocycles. The van der Waals surface area contributed by atoms with E-state index in [2.05, 4.69) is 171 Å². The molecule has 5 aromatic rings. The van der Waals surface area contributed by atoms with Crippen LogP contribution in [0.2, 0.25) is 0 Å². The Morgan fingerprint density at radius 1 is 0.564 bits per heavy atom. The summed E-state index contributed by atoms with van der Waals surface area (Å²) in [5.41, 5.74) is 9.76. The van der Waals surface area contributed by atoms with E-state index in [0.717, 1.165) is 6.54 Å². The van der Waals surface area contributed by atoms with E-state index in [4.69, 9.17) is 0 Å². The number of hydrogen-bond donors (Lipinski definition) is 0. The monoisotopic (exact) mass is 505 g/mol. The van der Waals surface area contributed by atoms with Gasteiger partial charge in [-0.1, -0.05) is 133 Å². The van der Waals surface area contributed by atoms with Gasteiger partial charge in [-0.3, -0.25) is 0 Å². The molecule has 5 aromatic carbocycles. The van der Waals surface area contributed by atoms with E-state index in [0.29, 0.717) is 0 Å². The molecule has 0 aromatic heterocycles. The minimum Gasteiger partial charge on any atom is -0.358 e. The van der Waals surface area contributed by atoms with E-state index >= 15 is 0 Å². The second-order valence-electron chi connectivity index (χ2n) is 11.1. The van der Waals surface area contributed by atoms with Gasteiger partial charge in [0.1, 0.15) is 0 Å². The molecule has 6 rings (SSSR count). The maximum absolute atomic E-state index is 2.55. The lowest BCUT2D eigenvalue weighted by Gasteiger charge is -2.44. The van der Waals surface area contributed by atoms with Crippen LogP contribution in [0.4, 0.5) is 5.69 Å². The summed E-state index contributed by atoms with van der Waals surface area (Å²) < 4.78 is 0. The first-order chi connectivity index (χ1) is 19.0. The summed E-state index contributed by atoms with van der Waals surface area (Å²) >= 11 is 0. The fourth-order valence-electron chi connectivity index (χ4n) is 6.44. The van der Waals surface area contributed by atoms with Gasteiger partial charge >= 0.3 is 0 Å². The van der Waals surface area contributed by atoms with Gasteiger partial charge in [0.2, 0.25) is 0 Å². The summed E-state index contributed by atoms with van der Waals surface area (Å²) in [6, 6.07) is 50.8. The second-order valence-corrected chi connectivity index (χ2v) is 11.1. The number of fused-ring (bicyclic) bond motifs is 1. The van der Waals surface area contributed by atoms with Crippen LogP contribution in [0.5, 0.6) is 0 Å². The van der Waals surface area contributed by atoms with Gasteiger partial charge in [0.25, 0.3) is 0 Å². The van der Waals surface area contributed by atoms with Crippen molar-refractivity contribution >= 4 is 11.3 Å². The highest BCUT2D eigenvalue weighted by Gasteiger charge is 2.40. The van der Waals surface area contributed by atoms with Gasteiger partial charge in [-0.25, -0.2) is 0 Å². The average Bonchev–Trinajstić information content (AvgIpc) is 2.98. The molecule has 0 radical (unpaired) electrons. The molecule has 0 bridgehead atoms. The van der Waals surface area contributed by atoms with Gasteiger partial charge < -0.3 is 4.90 Å². The number of rotatable bonds is 6. The van der Waals surface area contributed by atoms with Crippen LogP contribution in [0.25, 0.3) is 5.57 Å². The Bertz CT molecular complexity index is 1490. The fourth-order valence-corrected chi connectivity index (χ4v) is 6.44. The van der Waals surface area contributed by atoms with Crippen LogP contribution >= 0.6 is 0 Å². The Morgan fingerprint density at radius 3 is 1.51 bits per heavy atom. The van der Waals surface area contributed by atoms with Crippen molar-refractivity contribution in [3.8, 4) is 0 Å². The zero-order chi connectivity index (χ0) is 26.9. The third-order valence-corrected chi connectivity index (χ3v) is 8.21. The molecular weight excluding hydrogens is 470 g/mol. The van der Waals surface area contributed by atoms with E-state index < -0.39 is 5.41 Å². The first-order valence-corrected chi connectivity index (χ1v) is 13.8. The molecule has 192 valence electrons. The number of hydrogen-bond acceptors (Lipinski definition) is 1. The Hall–Kier alpha value is -4.36. The van der Waals surface area contributed by atoms with E-state index in [1.54, 1.807) is 0 Å². The quantitative estimate of drug-likeness (QED) is 0.208. The van der Waals surface area contributed by atoms with Crippen LogP contribution in [0, 0.1) is 0 Å². The highest BCUT2D eigenvalue weighted by Crippen LogP contribution is 2.48. The third kappa shape index (κ3) is 4.38. The molecule has 0 saturated heterocycles. The van der Waals surface area contributed by atoms with Crippen molar-refractivity contribution < 1.29 is 0 Å². The number of nitrogens with zero attached hydrogens (tertiary/aromatic N) is 1. The van der Waals surface area contributed by atoms with Crippen molar-refractivity contribution in [2.75, 3.05) is 4.90 Å². The van der Waals surface area contributed by atoms with Crippen LogP contribution in [0.3, 0.4) is 0 Å². The lowest BCUT2D eigenvalue weighted by atomic mass is 9.64. The van der Waals surface area contributed by atoms with Crippen molar-refractivity contribution in [3.05, 3.63) is 179 Å². The molecule has 0 aliphatic carbocycles. The average molecular weight is 506 g/mol. The van der Waals surface area contributed by atoms with Crippen molar-refractivity contribution in [3.63, 3.8) is 0 Å². The molecule has 1 aliphatic rings. The van der Waals surface area contributed by atoms with Gasteiger partial charge in [0.05, 0.1) is 11.0 Å². The van der Waals surface area contributed by atoms with Gasteiger partial charge in [0.15, 0.2) is 0 Å². The van der Waals surface area contributed by atoms with Crippen molar-refractivity contribution in [2.45, 2.75) is 38.3 Å². The highest BCUT2D eigenvalue weighted by molar-refractivity contribution is 5.82. The summed E-state index contributed by atoms with van der Waals surface area (Å²) in [5.74, 6) is 0. The zero-order valence-corrected chi connectivity index (χ0v) is 23.0. The van der Waals surface area contributed by atoms with Crippen molar-refractivity contribution in [2.24, 2.45) is 0 Å². The Kier molecular flexibility index (Phi) is 6.45. The minimum absolute atomic E-state index is 0.0934. The van der Waals surface area contributed by atoms with E-state index in [1.165, 1.54) is 44.6 Å². The van der Waals surface area contributed by atoms with E-state index in [-0.39, 0.29) is 5.54 Å². The largest absolute Gasteiger partial charge is 0.358 e. The molecule has 0 amide bonds. The van der Waals surface area contributed by atoms with Crippen LogP contribution in [-0.4, -0.2) is 5.54 Å². The predicted octanol–water partition coefficient (Wildman–Crippen LogP) is 9.27. The SMILES string of the molecule is CC1=CC(C)(C)N(Cc2ccccc2)c2ccc(C(c3ccccc3)(c3ccccc3)c3ccccc3)cc21. The van der Waals surface area contributed by atoms with Crippen molar-refractivity contribution in [1.29, 1.82) is 0 Å². The van der Waals surface area contributed by atoms with Crippen molar-refractivity contribution in [1.82, 2.24) is 0 Å². The fraction of sp³-hybridized carbons (Fsp3) is 0.158. The Morgan fingerprint density at radius 2 is 1.03 bits per heavy atom. The van der Waals surface area contributed by atoms with Gasteiger partial charge in [0, 0.05) is 17.8 Å². The molecule has 0 saturated carbocycles. The number of allylic oxidation sites excluding steroid dienone is 1. The zero-order valence-electron chi connectivity index (χ0n) is 23.0. The highest BCUT2D eigenvalue weighted by atomic mass is 15.2. The molecule has 0 fully saturated rings. The topological polar surface area (TPSA) is 3.24 Å². The van der Waals surface area contributed by atoms with Crippen LogP contribution in [-0.2, 0) is 12.0 Å². The molecule has 39 heavy (non-hydrogen) atoms. The maximum atomic E-state index is 2.55. The van der Waals surface area contributed by atoms with Crippen LogP contribution < -0.4 is 4.90 Å². The molecule has 1 heterocycles. The molecule has 0 unspecified atom stereocenters. The van der Waals surface area contributed by atoms with Gasteiger partial charge in [-0.05, 0) is 66.3 Å². The van der Waals surface area contributed by atoms with Gasteiger partial charge in [-0.2, -0.15) is 0 Å². The molecule has 0 spiro atoms. The molecule has 0 N–H and O–H groups in total. The minimum atomic E-state index is -0.448.